The Labute approximate surface area is 125 Å². The van der Waals surface area contributed by atoms with Crippen molar-refractivity contribution < 1.29 is 9.53 Å². The molecular weight excluding hydrogens is 322 g/mol. The fourth-order valence-corrected chi connectivity index (χ4v) is 2.15. The smallest absolute Gasteiger partial charge is 0.358 e. The zero-order valence-corrected chi connectivity index (χ0v) is 12.8. The van der Waals surface area contributed by atoms with Gasteiger partial charge in [0.1, 0.15) is 5.82 Å². The van der Waals surface area contributed by atoms with Crippen molar-refractivity contribution in [2.75, 3.05) is 12.4 Å². The van der Waals surface area contributed by atoms with Gasteiger partial charge in [0.15, 0.2) is 5.69 Å². The molecule has 1 aromatic heterocycles. The summed E-state index contributed by atoms with van der Waals surface area (Å²) >= 11 is 3.45. The van der Waals surface area contributed by atoms with Gasteiger partial charge in [-0.2, -0.15) is 0 Å². The summed E-state index contributed by atoms with van der Waals surface area (Å²) in [6.07, 6.45) is 3.82. The van der Waals surface area contributed by atoms with Crippen LogP contribution in [0, 0.1) is 0 Å². The minimum atomic E-state index is -0.507. The van der Waals surface area contributed by atoms with Gasteiger partial charge in [-0.1, -0.05) is 22.9 Å². The largest absolute Gasteiger partial charge is 0.464 e. The maximum Gasteiger partial charge on any atom is 0.358 e. The maximum absolute atomic E-state index is 11.4. The molecule has 0 amide bonds. The number of nitrogens with one attached hydrogen (secondary N) is 1. The topological polar surface area (TPSA) is 64.1 Å². The third-order valence-electron chi connectivity index (χ3n) is 2.74. The van der Waals surface area contributed by atoms with Gasteiger partial charge in [0, 0.05) is 10.2 Å². The number of nitrogens with zero attached hydrogens (tertiary/aromatic N) is 2. The molecule has 1 aromatic carbocycles. The number of ether oxygens (including phenoxy) is 1. The first-order valence-corrected chi connectivity index (χ1v) is 6.89. The number of hydrogen-bond acceptors (Lipinski definition) is 5. The van der Waals surface area contributed by atoms with E-state index in [1.54, 1.807) is 6.20 Å². The summed E-state index contributed by atoms with van der Waals surface area (Å²) in [6.45, 7) is 2.07. The Bertz CT molecular complexity index is 632. The van der Waals surface area contributed by atoms with E-state index in [0.29, 0.717) is 5.82 Å². The van der Waals surface area contributed by atoms with E-state index in [1.807, 2.05) is 18.2 Å². The molecule has 20 heavy (non-hydrogen) atoms. The van der Waals surface area contributed by atoms with Gasteiger partial charge in [0.05, 0.1) is 19.5 Å². The molecule has 0 atom stereocenters. The highest BCUT2D eigenvalue weighted by Gasteiger charge is 2.09. The van der Waals surface area contributed by atoms with Crippen molar-refractivity contribution in [1.29, 1.82) is 0 Å². The highest BCUT2D eigenvalue weighted by Crippen LogP contribution is 2.24. The molecule has 0 aliphatic carbocycles. The summed E-state index contributed by atoms with van der Waals surface area (Å²) in [7, 11) is 1.31. The number of methoxy groups -OCH3 is 1. The molecular formula is C14H14BrN3O2. The zero-order chi connectivity index (χ0) is 14.5. The summed E-state index contributed by atoms with van der Waals surface area (Å²) in [5.41, 5.74) is 2.25. The minimum Gasteiger partial charge on any atom is -0.464 e. The highest BCUT2D eigenvalue weighted by molar-refractivity contribution is 9.10. The molecule has 0 aliphatic rings. The lowest BCUT2D eigenvalue weighted by atomic mass is 10.1. The van der Waals surface area contributed by atoms with Crippen LogP contribution in [0.3, 0.4) is 0 Å². The second kappa shape index (κ2) is 6.47. The van der Waals surface area contributed by atoms with Crippen LogP contribution in [0.4, 0.5) is 11.5 Å². The third-order valence-corrected chi connectivity index (χ3v) is 3.23. The molecule has 2 rings (SSSR count). The van der Waals surface area contributed by atoms with E-state index in [1.165, 1.54) is 13.3 Å². The normalized spacial score (nSPS) is 10.2. The van der Waals surface area contributed by atoms with Crippen LogP contribution in [-0.2, 0) is 11.2 Å². The number of benzene rings is 1. The van der Waals surface area contributed by atoms with Crippen LogP contribution in [0.15, 0.2) is 35.1 Å². The molecule has 0 aliphatic heterocycles. The SMILES string of the molecule is CCc1cc(Br)ccc1Nc1cncc(C(=O)OC)n1. The molecule has 0 saturated heterocycles. The average molecular weight is 336 g/mol. The Balaban J connectivity index is 2.28. The molecule has 5 nitrogen and oxygen atoms in total. The highest BCUT2D eigenvalue weighted by atomic mass is 79.9. The van der Waals surface area contributed by atoms with Crippen LogP contribution in [0.25, 0.3) is 0 Å². The first kappa shape index (κ1) is 14.5. The number of rotatable bonds is 4. The molecule has 1 N–H and O–H groups in total. The van der Waals surface area contributed by atoms with Gasteiger partial charge in [-0.25, -0.2) is 9.78 Å². The van der Waals surface area contributed by atoms with Crippen molar-refractivity contribution in [3.63, 3.8) is 0 Å². The summed E-state index contributed by atoms with van der Waals surface area (Å²) in [5.74, 6) is -0.00223. The predicted molar refractivity (Wildman–Crippen MR) is 80.2 cm³/mol. The van der Waals surface area contributed by atoms with E-state index >= 15 is 0 Å². The lowest BCUT2D eigenvalue weighted by molar-refractivity contribution is 0.0593. The summed E-state index contributed by atoms with van der Waals surface area (Å²) in [6, 6.07) is 5.94. The standard InChI is InChI=1S/C14H14BrN3O2/c1-3-9-6-10(15)4-5-11(9)17-13-8-16-7-12(18-13)14(19)20-2/h4-8H,3H2,1-2H3,(H,17,18). The second-order valence-electron chi connectivity index (χ2n) is 4.06. The lowest BCUT2D eigenvalue weighted by Crippen LogP contribution is -2.07. The first-order valence-electron chi connectivity index (χ1n) is 6.10. The van der Waals surface area contributed by atoms with Crippen LogP contribution in [0.2, 0.25) is 0 Å². The van der Waals surface area contributed by atoms with Gasteiger partial charge in [-0.3, -0.25) is 4.98 Å². The maximum atomic E-state index is 11.4. The number of esters is 1. The number of anilines is 2. The number of halogens is 1. The quantitative estimate of drug-likeness (QED) is 0.868. The molecule has 1 heterocycles. The molecule has 0 fully saturated rings. The molecule has 0 radical (unpaired) electrons. The van der Waals surface area contributed by atoms with E-state index in [2.05, 4.69) is 42.9 Å². The number of hydrogen-bond donors (Lipinski definition) is 1. The van der Waals surface area contributed by atoms with Gasteiger partial charge in [0.2, 0.25) is 0 Å². The Morgan fingerprint density at radius 3 is 2.90 bits per heavy atom. The molecule has 0 bridgehead atoms. The summed E-state index contributed by atoms with van der Waals surface area (Å²) in [5, 5.41) is 3.17. The molecule has 0 saturated carbocycles. The Hall–Kier alpha value is -1.95. The molecule has 0 unspecified atom stereocenters. The number of aromatic nitrogens is 2. The van der Waals surface area contributed by atoms with Gasteiger partial charge in [0.25, 0.3) is 0 Å². The van der Waals surface area contributed by atoms with Crippen molar-refractivity contribution in [3.05, 3.63) is 46.3 Å². The van der Waals surface area contributed by atoms with Gasteiger partial charge < -0.3 is 10.1 Å². The van der Waals surface area contributed by atoms with Crippen molar-refractivity contribution >= 4 is 33.4 Å². The van der Waals surface area contributed by atoms with E-state index in [0.717, 1.165) is 22.1 Å². The lowest BCUT2D eigenvalue weighted by Gasteiger charge is -2.11. The minimum absolute atomic E-state index is 0.174. The van der Waals surface area contributed by atoms with Gasteiger partial charge in [-0.05, 0) is 30.2 Å². The van der Waals surface area contributed by atoms with E-state index in [-0.39, 0.29) is 5.69 Å². The van der Waals surface area contributed by atoms with E-state index in [9.17, 15) is 4.79 Å². The Kier molecular flexibility index (Phi) is 4.68. The van der Waals surface area contributed by atoms with E-state index < -0.39 is 5.97 Å². The second-order valence-corrected chi connectivity index (χ2v) is 4.98. The molecule has 6 heteroatoms. The number of carbonyl (C=O) groups excluding carboxylic acids is 1. The average Bonchev–Trinajstić information content (AvgIpc) is 2.48. The zero-order valence-electron chi connectivity index (χ0n) is 11.2. The van der Waals surface area contributed by atoms with E-state index in [4.69, 9.17) is 0 Å². The predicted octanol–water partition coefficient (Wildman–Crippen LogP) is 3.33. The number of carbonyl (C=O) groups is 1. The van der Waals surface area contributed by atoms with Crippen molar-refractivity contribution in [2.24, 2.45) is 0 Å². The Morgan fingerprint density at radius 1 is 1.40 bits per heavy atom. The monoisotopic (exact) mass is 335 g/mol. The fraction of sp³-hybridized carbons (Fsp3) is 0.214. The molecule has 2 aromatic rings. The van der Waals surface area contributed by atoms with Crippen LogP contribution in [0.1, 0.15) is 23.0 Å². The van der Waals surface area contributed by atoms with Crippen molar-refractivity contribution in [3.8, 4) is 0 Å². The van der Waals surface area contributed by atoms with Gasteiger partial charge >= 0.3 is 5.97 Å². The summed E-state index contributed by atoms with van der Waals surface area (Å²) < 4.78 is 5.65. The fourth-order valence-electron chi connectivity index (χ4n) is 1.74. The van der Waals surface area contributed by atoms with Crippen LogP contribution in [-0.4, -0.2) is 23.0 Å². The van der Waals surface area contributed by atoms with Crippen molar-refractivity contribution in [1.82, 2.24) is 9.97 Å². The Morgan fingerprint density at radius 2 is 2.20 bits per heavy atom. The van der Waals surface area contributed by atoms with Crippen LogP contribution < -0.4 is 5.32 Å². The molecule has 0 spiro atoms. The van der Waals surface area contributed by atoms with Crippen molar-refractivity contribution in [2.45, 2.75) is 13.3 Å². The summed E-state index contributed by atoms with van der Waals surface area (Å²) in [4.78, 5) is 19.6. The third kappa shape index (κ3) is 3.33. The van der Waals surface area contributed by atoms with Crippen LogP contribution in [0.5, 0.6) is 0 Å². The first-order chi connectivity index (χ1) is 9.63. The van der Waals surface area contributed by atoms with Crippen LogP contribution >= 0.6 is 15.9 Å². The van der Waals surface area contributed by atoms with Gasteiger partial charge in [-0.15, -0.1) is 0 Å². The molecule has 104 valence electrons. The number of aryl methyl sites for hydroxylation is 1.